The van der Waals surface area contributed by atoms with Gasteiger partial charge in [-0.1, -0.05) is 27.7 Å². The molecule has 0 aliphatic heterocycles. The predicted molar refractivity (Wildman–Crippen MR) is 69.5 cm³/mol. The molecule has 0 saturated heterocycles. The van der Waals surface area contributed by atoms with Gasteiger partial charge in [-0.25, -0.2) is 0 Å². The minimum Gasteiger partial charge on any atom is -0.393 e. The SMILES string of the molecule is CCN(CC)CC1CC(C(C)C)CCC1O. The number of aliphatic hydroxyl groups excluding tert-OH is 1. The normalized spacial score (nSPS) is 31.3. The van der Waals surface area contributed by atoms with Crippen LogP contribution in [0.3, 0.4) is 0 Å². The lowest BCUT2D eigenvalue weighted by Gasteiger charge is -2.37. The number of aliphatic hydroxyl groups is 1. The minimum absolute atomic E-state index is 0.0596. The summed E-state index contributed by atoms with van der Waals surface area (Å²) in [5, 5.41) is 10.1. The smallest absolute Gasteiger partial charge is 0.0580 e. The van der Waals surface area contributed by atoms with Crippen molar-refractivity contribution in [1.29, 1.82) is 0 Å². The Morgan fingerprint density at radius 3 is 2.31 bits per heavy atom. The first-order valence-electron chi connectivity index (χ1n) is 6.98. The minimum atomic E-state index is -0.0596. The van der Waals surface area contributed by atoms with Crippen molar-refractivity contribution in [3.05, 3.63) is 0 Å². The highest BCUT2D eigenvalue weighted by Crippen LogP contribution is 2.34. The number of rotatable bonds is 5. The molecule has 0 radical (unpaired) electrons. The summed E-state index contributed by atoms with van der Waals surface area (Å²) in [6.45, 7) is 12.3. The summed E-state index contributed by atoms with van der Waals surface area (Å²) >= 11 is 0. The number of nitrogens with zero attached hydrogens (tertiary/aromatic N) is 1. The fourth-order valence-electron chi connectivity index (χ4n) is 2.90. The molecule has 96 valence electrons. The third kappa shape index (κ3) is 3.74. The van der Waals surface area contributed by atoms with E-state index < -0.39 is 0 Å². The summed E-state index contributed by atoms with van der Waals surface area (Å²) in [7, 11) is 0. The zero-order valence-electron chi connectivity index (χ0n) is 11.4. The Balaban J connectivity index is 2.49. The van der Waals surface area contributed by atoms with Crippen molar-refractivity contribution in [2.24, 2.45) is 17.8 Å². The molecule has 2 heteroatoms. The van der Waals surface area contributed by atoms with Gasteiger partial charge < -0.3 is 10.0 Å². The molecule has 0 bridgehead atoms. The van der Waals surface area contributed by atoms with Crippen molar-refractivity contribution >= 4 is 0 Å². The number of hydrogen-bond acceptors (Lipinski definition) is 2. The Bertz CT molecular complexity index is 187. The average Bonchev–Trinajstić information content (AvgIpc) is 2.27. The second-order valence-corrected chi connectivity index (χ2v) is 5.63. The van der Waals surface area contributed by atoms with Crippen LogP contribution in [0.1, 0.15) is 47.0 Å². The van der Waals surface area contributed by atoms with Crippen LogP contribution >= 0.6 is 0 Å². The van der Waals surface area contributed by atoms with Crippen molar-refractivity contribution in [1.82, 2.24) is 4.90 Å². The lowest BCUT2D eigenvalue weighted by atomic mass is 9.74. The molecule has 1 fully saturated rings. The molecule has 1 saturated carbocycles. The van der Waals surface area contributed by atoms with E-state index in [1.807, 2.05) is 0 Å². The Labute approximate surface area is 101 Å². The fourth-order valence-corrected chi connectivity index (χ4v) is 2.90. The lowest BCUT2D eigenvalue weighted by Crippen LogP contribution is -2.39. The van der Waals surface area contributed by atoms with Gasteiger partial charge in [0.1, 0.15) is 0 Å². The van der Waals surface area contributed by atoms with Crippen LogP contribution in [0.25, 0.3) is 0 Å². The fraction of sp³-hybridized carbons (Fsp3) is 1.00. The average molecular weight is 227 g/mol. The third-order valence-corrected chi connectivity index (χ3v) is 4.31. The van der Waals surface area contributed by atoms with Crippen LogP contribution in [0.15, 0.2) is 0 Å². The van der Waals surface area contributed by atoms with E-state index in [1.165, 1.54) is 12.8 Å². The zero-order chi connectivity index (χ0) is 12.1. The molecule has 0 aromatic rings. The molecule has 1 N–H and O–H groups in total. The first-order valence-corrected chi connectivity index (χ1v) is 6.98. The van der Waals surface area contributed by atoms with Crippen molar-refractivity contribution in [2.75, 3.05) is 19.6 Å². The molecule has 0 aromatic heterocycles. The van der Waals surface area contributed by atoms with E-state index in [4.69, 9.17) is 0 Å². The van der Waals surface area contributed by atoms with Gasteiger partial charge in [0.15, 0.2) is 0 Å². The summed E-state index contributed by atoms with van der Waals surface area (Å²) < 4.78 is 0. The van der Waals surface area contributed by atoms with Gasteiger partial charge in [-0.3, -0.25) is 0 Å². The zero-order valence-corrected chi connectivity index (χ0v) is 11.4. The van der Waals surface area contributed by atoms with Crippen LogP contribution < -0.4 is 0 Å². The Hall–Kier alpha value is -0.0800. The Morgan fingerprint density at radius 2 is 1.81 bits per heavy atom. The quantitative estimate of drug-likeness (QED) is 0.780. The molecule has 1 aliphatic carbocycles. The van der Waals surface area contributed by atoms with Crippen molar-refractivity contribution in [3.63, 3.8) is 0 Å². The largest absolute Gasteiger partial charge is 0.393 e. The Kier molecular flexibility index (Phi) is 5.77. The topological polar surface area (TPSA) is 23.5 Å². The molecule has 0 spiro atoms. The van der Waals surface area contributed by atoms with Crippen LogP contribution in [0.4, 0.5) is 0 Å². The molecular formula is C14H29NO. The van der Waals surface area contributed by atoms with E-state index in [1.54, 1.807) is 0 Å². The highest BCUT2D eigenvalue weighted by atomic mass is 16.3. The summed E-state index contributed by atoms with van der Waals surface area (Å²) in [6.07, 6.45) is 3.38. The lowest BCUT2D eigenvalue weighted by molar-refractivity contribution is 0.0201. The van der Waals surface area contributed by atoms with Gasteiger partial charge in [-0.15, -0.1) is 0 Å². The van der Waals surface area contributed by atoms with Crippen molar-refractivity contribution < 1.29 is 5.11 Å². The molecule has 3 unspecified atom stereocenters. The van der Waals surface area contributed by atoms with Gasteiger partial charge in [0, 0.05) is 6.54 Å². The van der Waals surface area contributed by atoms with Gasteiger partial charge in [0.25, 0.3) is 0 Å². The molecule has 0 heterocycles. The van der Waals surface area contributed by atoms with Gasteiger partial charge >= 0.3 is 0 Å². The molecule has 3 atom stereocenters. The highest BCUT2D eigenvalue weighted by Gasteiger charge is 2.31. The molecule has 1 aliphatic rings. The summed E-state index contributed by atoms with van der Waals surface area (Å²) in [5.41, 5.74) is 0. The molecule has 16 heavy (non-hydrogen) atoms. The van der Waals surface area contributed by atoms with Crippen molar-refractivity contribution in [2.45, 2.75) is 53.1 Å². The summed E-state index contributed by atoms with van der Waals surface area (Å²) in [6, 6.07) is 0. The number of hydrogen-bond donors (Lipinski definition) is 1. The van der Waals surface area contributed by atoms with Crippen LogP contribution in [0.5, 0.6) is 0 Å². The Morgan fingerprint density at radius 1 is 1.19 bits per heavy atom. The summed E-state index contributed by atoms with van der Waals surface area (Å²) in [4.78, 5) is 2.44. The van der Waals surface area contributed by atoms with E-state index in [0.717, 1.165) is 37.9 Å². The predicted octanol–water partition coefficient (Wildman–Crippen LogP) is 2.76. The van der Waals surface area contributed by atoms with E-state index >= 15 is 0 Å². The van der Waals surface area contributed by atoms with Crippen LogP contribution in [-0.4, -0.2) is 35.7 Å². The summed E-state index contributed by atoms with van der Waals surface area (Å²) in [5.74, 6) is 2.09. The van der Waals surface area contributed by atoms with E-state index in [2.05, 4.69) is 32.6 Å². The second kappa shape index (κ2) is 6.61. The van der Waals surface area contributed by atoms with Crippen LogP contribution in [0, 0.1) is 17.8 Å². The molecular weight excluding hydrogens is 198 g/mol. The van der Waals surface area contributed by atoms with Gasteiger partial charge in [-0.05, 0) is 50.1 Å². The standard InChI is InChI=1S/C14H29NO/c1-5-15(6-2)10-13-9-12(11(3)4)7-8-14(13)16/h11-14,16H,5-10H2,1-4H3. The maximum Gasteiger partial charge on any atom is 0.0580 e. The molecule has 1 rings (SSSR count). The van der Waals surface area contributed by atoms with E-state index in [9.17, 15) is 5.11 Å². The maximum atomic E-state index is 10.1. The van der Waals surface area contributed by atoms with E-state index in [0.29, 0.717) is 5.92 Å². The van der Waals surface area contributed by atoms with Gasteiger partial charge in [0.05, 0.1) is 6.10 Å². The van der Waals surface area contributed by atoms with Gasteiger partial charge in [-0.2, -0.15) is 0 Å². The molecule has 0 aromatic carbocycles. The molecule has 2 nitrogen and oxygen atoms in total. The highest BCUT2D eigenvalue weighted by molar-refractivity contribution is 4.82. The molecule has 0 amide bonds. The third-order valence-electron chi connectivity index (χ3n) is 4.31. The first kappa shape index (κ1) is 14.0. The first-order chi connectivity index (χ1) is 7.58. The van der Waals surface area contributed by atoms with Crippen LogP contribution in [0.2, 0.25) is 0 Å². The monoisotopic (exact) mass is 227 g/mol. The van der Waals surface area contributed by atoms with Crippen molar-refractivity contribution in [3.8, 4) is 0 Å². The van der Waals surface area contributed by atoms with Crippen LogP contribution in [-0.2, 0) is 0 Å². The van der Waals surface area contributed by atoms with E-state index in [-0.39, 0.29) is 6.10 Å². The van der Waals surface area contributed by atoms with Gasteiger partial charge in [0.2, 0.25) is 0 Å². The maximum absolute atomic E-state index is 10.1. The second-order valence-electron chi connectivity index (χ2n) is 5.63.